The Bertz CT molecular complexity index is 1160. The number of ether oxygens (including phenoxy) is 1. The van der Waals surface area contributed by atoms with E-state index in [2.05, 4.69) is 32.8 Å². The number of pyridine rings is 2. The highest BCUT2D eigenvalue weighted by Gasteiger charge is 2.15. The number of carbonyl (C=O) groups excluding carboxylic acids is 1. The van der Waals surface area contributed by atoms with Crippen molar-refractivity contribution in [3.05, 3.63) is 54.7 Å². The molecule has 0 aliphatic rings. The van der Waals surface area contributed by atoms with E-state index in [9.17, 15) is 4.79 Å². The number of esters is 1. The van der Waals surface area contributed by atoms with E-state index in [4.69, 9.17) is 4.74 Å². The van der Waals surface area contributed by atoms with Gasteiger partial charge in [0.15, 0.2) is 0 Å². The lowest BCUT2D eigenvalue weighted by molar-refractivity contribution is 0.0600. The highest BCUT2D eigenvalue weighted by molar-refractivity contribution is 5.97. The number of hydrogen-bond acceptors (Lipinski definition) is 5. The van der Waals surface area contributed by atoms with Crippen LogP contribution in [0.4, 0.5) is 0 Å². The Morgan fingerprint density at radius 3 is 2.68 bits per heavy atom. The first kappa shape index (κ1) is 17.9. The van der Waals surface area contributed by atoms with Gasteiger partial charge in [-0.2, -0.15) is 5.10 Å². The molecule has 0 N–H and O–H groups in total. The average molecular weight is 375 g/mol. The minimum Gasteiger partial charge on any atom is -0.465 e. The van der Waals surface area contributed by atoms with Gasteiger partial charge in [0.2, 0.25) is 0 Å². The maximum atomic E-state index is 11.8. The molecule has 0 atom stereocenters. The smallest absolute Gasteiger partial charge is 0.337 e. The Morgan fingerprint density at radius 1 is 1.14 bits per heavy atom. The molecule has 0 saturated carbocycles. The van der Waals surface area contributed by atoms with Gasteiger partial charge in [0.05, 0.1) is 42.0 Å². The van der Waals surface area contributed by atoms with Gasteiger partial charge in [-0.25, -0.2) is 4.79 Å². The summed E-state index contributed by atoms with van der Waals surface area (Å²) in [5.41, 5.74) is 5.00. The Labute approximate surface area is 162 Å². The first-order valence-electron chi connectivity index (χ1n) is 9.13. The number of fused-ring (bicyclic) bond motifs is 1. The first-order chi connectivity index (χ1) is 13.6. The minimum atomic E-state index is -0.394. The molecule has 0 aromatic carbocycles. The molecule has 0 radical (unpaired) electrons. The van der Waals surface area contributed by atoms with Crippen molar-refractivity contribution in [3.63, 3.8) is 0 Å². The van der Waals surface area contributed by atoms with Crippen LogP contribution in [0.5, 0.6) is 0 Å². The minimum absolute atomic E-state index is 0.394. The molecule has 0 unspecified atom stereocenters. The van der Waals surface area contributed by atoms with Gasteiger partial charge < -0.3 is 9.30 Å². The molecule has 4 heterocycles. The van der Waals surface area contributed by atoms with Crippen LogP contribution < -0.4 is 0 Å². The first-order valence-corrected chi connectivity index (χ1v) is 9.13. The number of aromatic nitrogens is 5. The van der Waals surface area contributed by atoms with Crippen LogP contribution in [-0.2, 0) is 18.3 Å². The van der Waals surface area contributed by atoms with Crippen molar-refractivity contribution < 1.29 is 9.53 Å². The van der Waals surface area contributed by atoms with Gasteiger partial charge in [-0.15, -0.1) is 0 Å². The zero-order valence-corrected chi connectivity index (χ0v) is 16.1. The van der Waals surface area contributed by atoms with Crippen molar-refractivity contribution in [1.29, 1.82) is 0 Å². The van der Waals surface area contributed by atoms with Crippen molar-refractivity contribution in [3.8, 4) is 22.5 Å². The summed E-state index contributed by atoms with van der Waals surface area (Å²) in [7, 11) is 3.27. The van der Waals surface area contributed by atoms with E-state index in [0.717, 1.165) is 35.0 Å². The van der Waals surface area contributed by atoms with Crippen LogP contribution in [0.2, 0.25) is 0 Å². The molecule has 0 amide bonds. The SMILES string of the molecule is CCCn1cc(-c2cnn(C)c2)c2cc(-c3cc(C(=O)OC)ccn3)ncc21. The summed E-state index contributed by atoms with van der Waals surface area (Å²) in [6, 6.07) is 5.35. The van der Waals surface area contributed by atoms with Gasteiger partial charge in [0.25, 0.3) is 0 Å². The quantitative estimate of drug-likeness (QED) is 0.497. The third-order valence-corrected chi connectivity index (χ3v) is 4.69. The van der Waals surface area contributed by atoms with E-state index in [1.54, 1.807) is 23.0 Å². The van der Waals surface area contributed by atoms with Crippen LogP contribution in [0.15, 0.2) is 49.2 Å². The Hall–Kier alpha value is -3.48. The predicted molar refractivity (Wildman–Crippen MR) is 107 cm³/mol. The zero-order valence-electron chi connectivity index (χ0n) is 16.1. The molecule has 4 aromatic rings. The van der Waals surface area contributed by atoms with Crippen LogP contribution in [-0.4, -0.2) is 37.4 Å². The topological polar surface area (TPSA) is 74.8 Å². The maximum absolute atomic E-state index is 11.8. The number of hydrogen-bond donors (Lipinski definition) is 0. The second kappa shape index (κ2) is 7.26. The summed E-state index contributed by atoms with van der Waals surface area (Å²) in [6.07, 6.45) is 10.5. The molecule has 4 rings (SSSR count). The van der Waals surface area contributed by atoms with Gasteiger partial charge in [-0.1, -0.05) is 6.92 Å². The van der Waals surface area contributed by atoms with Gasteiger partial charge in [0.1, 0.15) is 0 Å². The summed E-state index contributed by atoms with van der Waals surface area (Å²) >= 11 is 0. The Morgan fingerprint density at radius 2 is 1.96 bits per heavy atom. The van der Waals surface area contributed by atoms with E-state index >= 15 is 0 Å². The number of carbonyl (C=O) groups is 1. The molecule has 0 bridgehead atoms. The van der Waals surface area contributed by atoms with Crippen LogP contribution in [0.25, 0.3) is 33.4 Å². The molecule has 7 nitrogen and oxygen atoms in total. The molecule has 0 aliphatic heterocycles. The summed E-state index contributed by atoms with van der Waals surface area (Å²) in [4.78, 5) is 20.8. The number of methoxy groups -OCH3 is 1. The van der Waals surface area contributed by atoms with E-state index in [1.165, 1.54) is 7.11 Å². The lowest BCUT2D eigenvalue weighted by Gasteiger charge is -2.05. The molecular weight excluding hydrogens is 354 g/mol. The van der Waals surface area contributed by atoms with E-state index in [0.29, 0.717) is 17.0 Å². The molecule has 0 fully saturated rings. The Kier molecular flexibility index (Phi) is 4.65. The third kappa shape index (κ3) is 3.15. The number of aryl methyl sites for hydroxylation is 2. The van der Waals surface area contributed by atoms with Crippen LogP contribution >= 0.6 is 0 Å². The van der Waals surface area contributed by atoms with E-state index in [-0.39, 0.29) is 0 Å². The maximum Gasteiger partial charge on any atom is 0.337 e. The summed E-state index contributed by atoms with van der Waals surface area (Å²) in [5.74, 6) is -0.394. The second-order valence-electron chi connectivity index (χ2n) is 6.65. The second-order valence-corrected chi connectivity index (χ2v) is 6.65. The normalized spacial score (nSPS) is 11.1. The lowest BCUT2D eigenvalue weighted by Crippen LogP contribution is -2.02. The molecule has 4 aromatic heterocycles. The molecule has 0 spiro atoms. The molecular formula is C21H21N5O2. The van der Waals surface area contributed by atoms with E-state index < -0.39 is 5.97 Å². The molecule has 28 heavy (non-hydrogen) atoms. The standard InChI is InChI=1S/C21H21N5O2/c1-4-7-26-13-17(15-10-24-25(2)12-15)16-9-19(23-11-20(16)26)18-8-14(5-6-22-18)21(27)28-3/h5-6,8-13H,4,7H2,1-3H3. The largest absolute Gasteiger partial charge is 0.465 e. The van der Waals surface area contributed by atoms with Crippen LogP contribution in [0.3, 0.4) is 0 Å². The van der Waals surface area contributed by atoms with Crippen molar-refractivity contribution in [2.45, 2.75) is 19.9 Å². The molecule has 0 saturated heterocycles. The van der Waals surface area contributed by atoms with Crippen molar-refractivity contribution in [2.24, 2.45) is 7.05 Å². The lowest BCUT2D eigenvalue weighted by atomic mass is 10.1. The highest BCUT2D eigenvalue weighted by Crippen LogP contribution is 2.32. The summed E-state index contributed by atoms with van der Waals surface area (Å²) < 4.78 is 8.82. The molecule has 142 valence electrons. The fraction of sp³-hybridized carbons (Fsp3) is 0.238. The van der Waals surface area contributed by atoms with Crippen molar-refractivity contribution >= 4 is 16.9 Å². The van der Waals surface area contributed by atoms with E-state index in [1.807, 2.05) is 31.7 Å². The van der Waals surface area contributed by atoms with Gasteiger partial charge in [-0.3, -0.25) is 14.6 Å². The fourth-order valence-corrected chi connectivity index (χ4v) is 3.36. The van der Waals surface area contributed by atoms with Crippen LogP contribution in [0.1, 0.15) is 23.7 Å². The van der Waals surface area contributed by atoms with Gasteiger partial charge >= 0.3 is 5.97 Å². The average Bonchev–Trinajstić information content (AvgIpc) is 3.31. The number of nitrogens with zero attached hydrogens (tertiary/aromatic N) is 5. The number of rotatable bonds is 5. The third-order valence-electron chi connectivity index (χ3n) is 4.69. The molecule has 0 aliphatic carbocycles. The van der Waals surface area contributed by atoms with Crippen molar-refractivity contribution in [2.75, 3.05) is 7.11 Å². The summed E-state index contributed by atoms with van der Waals surface area (Å²) in [6.45, 7) is 3.06. The van der Waals surface area contributed by atoms with Crippen LogP contribution in [0, 0.1) is 0 Å². The Balaban J connectivity index is 1.87. The van der Waals surface area contributed by atoms with Crippen molar-refractivity contribution in [1.82, 2.24) is 24.3 Å². The van der Waals surface area contributed by atoms with Gasteiger partial charge in [0, 0.05) is 48.7 Å². The zero-order chi connectivity index (χ0) is 19.7. The monoisotopic (exact) mass is 375 g/mol. The predicted octanol–water partition coefficient (Wildman–Crippen LogP) is 3.70. The molecule has 7 heteroatoms. The summed E-state index contributed by atoms with van der Waals surface area (Å²) in [5, 5.41) is 5.38. The van der Waals surface area contributed by atoms with Gasteiger partial charge in [-0.05, 0) is 24.6 Å². The fourth-order valence-electron chi connectivity index (χ4n) is 3.36. The highest BCUT2D eigenvalue weighted by atomic mass is 16.5.